The molecule has 1 aromatic rings. The standard InChI is InChI=1S/C18H23BrN2O4/c1-11(2)8-14(18(24)25-3)20-17(23)12-9-16(22)21(10-12)15-7-5-4-6-13(15)19/h4-7,11-12,14H,8-10H2,1-3H3,(H,20,23). The average Bonchev–Trinajstić information content (AvgIpc) is 2.95. The highest BCUT2D eigenvalue weighted by molar-refractivity contribution is 9.10. The van der Waals surface area contributed by atoms with E-state index in [4.69, 9.17) is 4.74 Å². The van der Waals surface area contributed by atoms with Gasteiger partial charge in [0.25, 0.3) is 0 Å². The SMILES string of the molecule is COC(=O)C(CC(C)C)NC(=O)C1CC(=O)N(c2ccccc2Br)C1. The molecule has 136 valence electrons. The molecule has 1 fully saturated rings. The van der Waals surface area contributed by atoms with Crippen molar-refractivity contribution < 1.29 is 19.1 Å². The average molecular weight is 411 g/mol. The van der Waals surface area contributed by atoms with Crippen molar-refractivity contribution in [2.24, 2.45) is 11.8 Å². The monoisotopic (exact) mass is 410 g/mol. The third-order valence-corrected chi connectivity index (χ3v) is 4.82. The summed E-state index contributed by atoms with van der Waals surface area (Å²) in [5.41, 5.74) is 0.745. The van der Waals surface area contributed by atoms with Crippen LogP contribution in [0.4, 0.5) is 5.69 Å². The van der Waals surface area contributed by atoms with Crippen molar-refractivity contribution in [3.8, 4) is 0 Å². The fourth-order valence-corrected chi connectivity index (χ4v) is 3.40. The van der Waals surface area contributed by atoms with Crippen LogP contribution in [0.2, 0.25) is 0 Å². The van der Waals surface area contributed by atoms with E-state index in [1.165, 1.54) is 7.11 Å². The molecule has 1 N–H and O–H groups in total. The first-order chi connectivity index (χ1) is 11.8. The van der Waals surface area contributed by atoms with Crippen molar-refractivity contribution in [2.45, 2.75) is 32.7 Å². The second-order valence-corrected chi connectivity index (χ2v) is 7.43. The molecule has 2 unspecified atom stereocenters. The first-order valence-electron chi connectivity index (χ1n) is 8.26. The molecule has 0 radical (unpaired) electrons. The maximum absolute atomic E-state index is 12.6. The Morgan fingerprint density at radius 2 is 2.04 bits per heavy atom. The van der Waals surface area contributed by atoms with Gasteiger partial charge in [-0.2, -0.15) is 0 Å². The number of carbonyl (C=O) groups excluding carboxylic acids is 3. The highest BCUT2D eigenvalue weighted by Gasteiger charge is 2.37. The molecule has 6 nitrogen and oxygen atoms in total. The van der Waals surface area contributed by atoms with Crippen LogP contribution in [0.1, 0.15) is 26.7 Å². The van der Waals surface area contributed by atoms with E-state index in [2.05, 4.69) is 21.2 Å². The molecule has 2 rings (SSSR count). The fraction of sp³-hybridized carbons (Fsp3) is 0.500. The van der Waals surface area contributed by atoms with Crippen LogP contribution < -0.4 is 10.2 Å². The number of amides is 2. The summed E-state index contributed by atoms with van der Waals surface area (Å²) in [6, 6.07) is 6.71. The number of nitrogens with zero attached hydrogens (tertiary/aromatic N) is 1. The van der Waals surface area contributed by atoms with Crippen LogP contribution in [0, 0.1) is 11.8 Å². The van der Waals surface area contributed by atoms with Crippen LogP contribution in [-0.4, -0.2) is 37.5 Å². The quantitative estimate of drug-likeness (QED) is 0.730. The number of hydrogen-bond acceptors (Lipinski definition) is 4. The molecule has 1 aliphatic rings. The first-order valence-corrected chi connectivity index (χ1v) is 9.05. The van der Waals surface area contributed by atoms with Crippen molar-refractivity contribution in [2.75, 3.05) is 18.6 Å². The second-order valence-electron chi connectivity index (χ2n) is 6.57. The molecule has 0 spiro atoms. The minimum atomic E-state index is -0.690. The van der Waals surface area contributed by atoms with Gasteiger partial charge >= 0.3 is 5.97 Å². The summed E-state index contributed by atoms with van der Waals surface area (Å²) in [7, 11) is 1.30. The Morgan fingerprint density at radius 1 is 1.36 bits per heavy atom. The molecule has 25 heavy (non-hydrogen) atoms. The lowest BCUT2D eigenvalue weighted by Crippen LogP contribution is -2.45. The highest BCUT2D eigenvalue weighted by atomic mass is 79.9. The van der Waals surface area contributed by atoms with Gasteiger partial charge in [0.05, 0.1) is 18.7 Å². The van der Waals surface area contributed by atoms with Gasteiger partial charge in [-0.25, -0.2) is 4.79 Å². The van der Waals surface area contributed by atoms with E-state index in [-0.39, 0.29) is 24.2 Å². The Labute approximate surface area is 156 Å². The van der Waals surface area contributed by atoms with Gasteiger partial charge in [0.2, 0.25) is 11.8 Å². The molecule has 0 saturated carbocycles. The molecule has 2 atom stereocenters. The number of nitrogens with one attached hydrogen (secondary N) is 1. The van der Waals surface area contributed by atoms with Gasteiger partial charge in [0.15, 0.2) is 0 Å². The lowest BCUT2D eigenvalue weighted by molar-refractivity contribution is -0.146. The van der Waals surface area contributed by atoms with E-state index in [1.54, 1.807) is 4.90 Å². The molecule has 1 saturated heterocycles. The smallest absolute Gasteiger partial charge is 0.328 e. The summed E-state index contributed by atoms with van der Waals surface area (Å²) in [6.07, 6.45) is 0.621. The van der Waals surface area contributed by atoms with Crippen LogP contribution in [0.15, 0.2) is 28.7 Å². The highest BCUT2D eigenvalue weighted by Crippen LogP contribution is 2.31. The van der Waals surface area contributed by atoms with E-state index < -0.39 is 17.9 Å². The molecule has 1 heterocycles. The van der Waals surface area contributed by atoms with Crippen molar-refractivity contribution in [1.82, 2.24) is 5.32 Å². The number of halogens is 1. The summed E-state index contributed by atoms with van der Waals surface area (Å²) in [4.78, 5) is 38.4. The maximum atomic E-state index is 12.6. The molecule has 0 bridgehead atoms. The van der Waals surface area contributed by atoms with Crippen molar-refractivity contribution in [3.63, 3.8) is 0 Å². The Hall–Kier alpha value is -1.89. The van der Waals surface area contributed by atoms with Crippen LogP contribution in [-0.2, 0) is 19.1 Å². The fourth-order valence-electron chi connectivity index (χ4n) is 2.90. The number of esters is 1. The number of carbonyl (C=O) groups is 3. The van der Waals surface area contributed by atoms with Crippen LogP contribution in [0.25, 0.3) is 0 Å². The summed E-state index contributed by atoms with van der Waals surface area (Å²) in [5, 5.41) is 2.74. The number of anilines is 1. The van der Waals surface area contributed by atoms with Crippen LogP contribution in [0.5, 0.6) is 0 Å². The number of benzene rings is 1. The molecule has 2 amide bonds. The zero-order valence-corrected chi connectivity index (χ0v) is 16.2. The summed E-state index contributed by atoms with van der Waals surface area (Å²) >= 11 is 3.43. The predicted octanol–water partition coefficient (Wildman–Crippen LogP) is 2.51. The lowest BCUT2D eigenvalue weighted by atomic mass is 10.0. The minimum Gasteiger partial charge on any atom is -0.467 e. The summed E-state index contributed by atoms with van der Waals surface area (Å²) in [6.45, 7) is 4.23. The summed E-state index contributed by atoms with van der Waals surface area (Å²) < 4.78 is 5.57. The molecular formula is C18H23BrN2O4. The van der Waals surface area contributed by atoms with Crippen LogP contribution >= 0.6 is 15.9 Å². The molecule has 7 heteroatoms. The Bertz CT molecular complexity index is 662. The number of ether oxygens (including phenoxy) is 1. The zero-order valence-electron chi connectivity index (χ0n) is 14.6. The minimum absolute atomic E-state index is 0.106. The van der Waals surface area contributed by atoms with Gasteiger partial charge in [0, 0.05) is 17.4 Å². The van der Waals surface area contributed by atoms with E-state index >= 15 is 0 Å². The van der Waals surface area contributed by atoms with Crippen molar-refractivity contribution >= 4 is 39.4 Å². The second kappa shape index (κ2) is 8.47. The van der Waals surface area contributed by atoms with Gasteiger partial charge in [-0.05, 0) is 40.4 Å². The normalized spacial score (nSPS) is 18.4. The molecule has 0 aromatic heterocycles. The van der Waals surface area contributed by atoms with Gasteiger partial charge in [-0.3, -0.25) is 9.59 Å². The molecule has 1 aliphatic heterocycles. The third-order valence-electron chi connectivity index (χ3n) is 4.15. The Morgan fingerprint density at radius 3 is 2.64 bits per heavy atom. The number of para-hydroxylation sites is 1. The zero-order chi connectivity index (χ0) is 18.6. The van der Waals surface area contributed by atoms with Crippen molar-refractivity contribution in [1.29, 1.82) is 0 Å². The topological polar surface area (TPSA) is 75.7 Å². The molecular weight excluding hydrogens is 388 g/mol. The van der Waals surface area contributed by atoms with Gasteiger partial charge < -0.3 is 15.0 Å². The van der Waals surface area contributed by atoms with Crippen molar-refractivity contribution in [3.05, 3.63) is 28.7 Å². The Balaban J connectivity index is 2.06. The lowest BCUT2D eigenvalue weighted by Gasteiger charge is -2.21. The first kappa shape index (κ1) is 19.4. The van der Waals surface area contributed by atoms with E-state index in [1.807, 2.05) is 38.1 Å². The van der Waals surface area contributed by atoms with E-state index in [9.17, 15) is 14.4 Å². The van der Waals surface area contributed by atoms with Gasteiger partial charge in [-0.15, -0.1) is 0 Å². The van der Waals surface area contributed by atoms with Crippen LogP contribution in [0.3, 0.4) is 0 Å². The van der Waals surface area contributed by atoms with E-state index in [0.29, 0.717) is 13.0 Å². The largest absolute Gasteiger partial charge is 0.467 e. The van der Waals surface area contributed by atoms with Gasteiger partial charge in [0.1, 0.15) is 6.04 Å². The number of methoxy groups -OCH3 is 1. The summed E-state index contributed by atoms with van der Waals surface area (Å²) in [5.74, 6) is -1.12. The predicted molar refractivity (Wildman–Crippen MR) is 98.0 cm³/mol. The van der Waals surface area contributed by atoms with E-state index in [0.717, 1.165) is 10.2 Å². The Kier molecular flexibility index (Phi) is 6.58. The maximum Gasteiger partial charge on any atom is 0.328 e. The molecule has 1 aromatic carbocycles. The molecule has 0 aliphatic carbocycles. The number of hydrogen-bond donors (Lipinski definition) is 1. The van der Waals surface area contributed by atoms with Gasteiger partial charge in [-0.1, -0.05) is 26.0 Å². The number of rotatable bonds is 6. The third kappa shape index (κ3) is 4.81.